The van der Waals surface area contributed by atoms with E-state index < -0.39 is 6.10 Å². The molecule has 1 saturated carbocycles. The first-order valence-corrected chi connectivity index (χ1v) is 11.4. The van der Waals surface area contributed by atoms with Crippen LogP contribution < -0.4 is 5.32 Å². The monoisotopic (exact) mass is 405 g/mol. The Morgan fingerprint density at radius 3 is 2.53 bits per heavy atom. The zero-order valence-corrected chi connectivity index (χ0v) is 19.0. The molecular formula is C27H35NO2. The Bertz CT molecular complexity index is 945. The molecule has 1 fully saturated rings. The maximum atomic E-state index is 13.1. The number of nitrogens with one attached hydrogen (secondary N) is 1. The zero-order chi connectivity index (χ0) is 21.6. The Labute approximate surface area is 181 Å². The molecule has 3 nitrogen and oxygen atoms in total. The second-order valence-electron chi connectivity index (χ2n) is 10.1. The minimum absolute atomic E-state index is 0.103. The van der Waals surface area contributed by atoms with E-state index in [-0.39, 0.29) is 17.2 Å². The summed E-state index contributed by atoms with van der Waals surface area (Å²) in [7, 11) is 0. The number of carbonyl (C=O) groups is 1. The molecule has 0 bridgehead atoms. The molecule has 0 saturated heterocycles. The predicted molar refractivity (Wildman–Crippen MR) is 123 cm³/mol. The Balaban J connectivity index is 1.69. The number of hydrogen-bond acceptors (Lipinski definition) is 2. The van der Waals surface area contributed by atoms with Gasteiger partial charge in [0, 0.05) is 23.6 Å². The number of allylic oxidation sites excluding steroid dienone is 4. The third-order valence-electron chi connectivity index (χ3n) is 7.63. The van der Waals surface area contributed by atoms with Crippen LogP contribution in [0.15, 0.2) is 52.6 Å². The molecule has 0 aliphatic heterocycles. The van der Waals surface area contributed by atoms with Gasteiger partial charge in [0.15, 0.2) is 0 Å². The maximum absolute atomic E-state index is 13.1. The summed E-state index contributed by atoms with van der Waals surface area (Å²) in [6.07, 6.45) is 8.51. The first-order valence-electron chi connectivity index (χ1n) is 11.4. The quantitative estimate of drug-likeness (QED) is 0.646. The Kier molecular flexibility index (Phi) is 5.52. The van der Waals surface area contributed by atoms with Crippen LogP contribution in [0.1, 0.15) is 64.0 Å². The lowest BCUT2D eigenvalue weighted by Crippen LogP contribution is -2.33. The highest BCUT2D eigenvalue weighted by Gasteiger charge is 2.46. The number of amides is 1. The molecular weight excluding hydrogens is 370 g/mol. The molecule has 3 heteroatoms. The van der Waals surface area contributed by atoms with Gasteiger partial charge >= 0.3 is 0 Å². The standard InChI is InChI=1S/C27H35NO2/c1-16(2)20-11-13-27(5)14-12-21-22(24(20)27)10-9-19(15-23(21)29)26(30)28-25-17(3)7-6-8-18(25)4/h6-10,16,21,23,29H,11-15H2,1-5H3,(H,28,30). The van der Waals surface area contributed by atoms with Gasteiger partial charge in [0.2, 0.25) is 0 Å². The molecule has 0 radical (unpaired) electrons. The number of aryl methyl sites for hydroxylation is 2. The molecule has 0 heterocycles. The van der Waals surface area contributed by atoms with Crippen molar-refractivity contribution in [3.63, 3.8) is 0 Å². The fraction of sp³-hybridized carbons (Fsp3) is 0.519. The Morgan fingerprint density at radius 1 is 1.17 bits per heavy atom. The summed E-state index contributed by atoms with van der Waals surface area (Å²) < 4.78 is 0. The second kappa shape index (κ2) is 7.85. The fourth-order valence-electron chi connectivity index (χ4n) is 5.83. The van der Waals surface area contributed by atoms with Crippen LogP contribution in [0.2, 0.25) is 0 Å². The average molecular weight is 406 g/mol. The highest BCUT2D eigenvalue weighted by atomic mass is 16.3. The van der Waals surface area contributed by atoms with Crippen LogP contribution in [-0.4, -0.2) is 17.1 Å². The van der Waals surface area contributed by atoms with Gasteiger partial charge in [-0.15, -0.1) is 0 Å². The highest BCUT2D eigenvalue weighted by molar-refractivity contribution is 6.04. The number of benzene rings is 1. The molecule has 2 N–H and O–H groups in total. The molecule has 30 heavy (non-hydrogen) atoms. The Morgan fingerprint density at radius 2 is 1.87 bits per heavy atom. The minimum atomic E-state index is -0.514. The highest BCUT2D eigenvalue weighted by Crippen LogP contribution is 2.57. The summed E-state index contributed by atoms with van der Waals surface area (Å²) in [5.74, 6) is 0.550. The number of aliphatic hydroxyl groups excluding tert-OH is 1. The van der Waals surface area contributed by atoms with E-state index in [9.17, 15) is 9.90 Å². The van der Waals surface area contributed by atoms with Crippen molar-refractivity contribution in [2.24, 2.45) is 17.3 Å². The van der Waals surface area contributed by atoms with Crippen molar-refractivity contribution in [2.45, 2.75) is 72.8 Å². The normalized spacial score (nSPS) is 28.5. The molecule has 160 valence electrons. The molecule has 3 aliphatic carbocycles. The average Bonchev–Trinajstić information content (AvgIpc) is 2.96. The van der Waals surface area contributed by atoms with Crippen molar-refractivity contribution in [1.82, 2.24) is 0 Å². The number of carbonyl (C=O) groups excluding carboxylic acids is 1. The molecule has 0 aromatic heterocycles. The van der Waals surface area contributed by atoms with E-state index in [4.69, 9.17) is 0 Å². The molecule has 1 aromatic rings. The lowest BCUT2D eigenvalue weighted by Gasteiger charge is -2.41. The summed E-state index contributed by atoms with van der Waals surface area (Å²) in [5.41, 5.74) is 8.20. The lowest BCUT2D eigenvalue weighted by atomic mass is 9.64. The van der Waals surface area contributed by atoms with Crippen molar-refractivity contribution >= 4 is 11.6 Å². The molecule has 3 atom stereocenters. The topological polar surface area (TPSA) is 49.3 Å². The number of anilines is 1. The molecule has 3 unspecified atom stereocenters. The van der Waals surface area contributed by atoms with E-state index in [1.165, 1.54) is 17.6 Å². The first-order chi connectivity index (χ1) is 14.2. The van der Waals surface area contributed by atoms with Crippen LogP contribution >= 0.6 is 0 Å². The van der Waals surface area contributed by atoms with E-state index in [1.54, 1.807) is 5.57 Å². The SMILES string of the molecule is Cc1cccc(C)c1NC(=O)C1=CC=C2C3=C(C(C)C)CCC3(C)CCC2C(O)C1. The van der Waals surface area contributed by atoms with E-state index >= 15 is 0 Å². The number of hydrogen-bond donors (Lipinski definition) is 2. The second-order valence-corrected chi connectivity index (χ2v) is 10.1. The van der Waals surface area contributed by atoms with Gasteiger partial charge in [-0.05, 0) is 73.1 Å². The van der Waals surface area contributed by atoms with Gasteiger partial charge in [0.1, 0.15) is 0 Å². The van der Waals surface area contributed by atoms with Gasteiger partial charge in [-0.25, -0.2) is 0 Å². The van der Waals surface area contributed by atoms with Gasteiger partial charge in [-0.3, -0.25) is 4.79 Å². The number of rotatable bonds is 3. The summed E-state index contributed by atoms with van der Waals surface area (Å²) in [6, 6.07) is 6.02. The summed E-state index contributed by atoms with van der Waals surface area (Å²) in [5, 5.41) is 14.2. The van der Waals surface area contributed by atoms with Crippen LogP contribution in [0, 0.1) is 31.1 Å². The van der Waals surface area contributed by atoms with Gasteiger partial charge < -0.3 is 10.4 Å². The number of para-hydroxylation sites is 1. The lowest BCUT2D eigenvalue weighted by molar-refractivity contribution is -0.113. The third-order valence-corrected chi connectivity index (χ3v) is 7.63. The van der Waals surface area contributed by atoms with Crippen molar-refractivity contribution < 1.29 is 9.90 Å². The summed E-state index contributed by atoms with van der Waals surface area (Å²) in [4.78, 5) is 13.1. The van der Waals surface area contributed by atoms with Crippen LogP contribution in [-0.2, 0) is 4.79 Å². The molecule has 3 aliphatic rings. The van der Waals surface area contributed by atoms with Gasteiger partial charge in [0.25, 0.3) is 5.91 Å². The summed E-state index contributed by atoms with van der Waals surface area (Å²) in [6.45, 7) is 11.0. The van der Waals surface area contributed by atoms with Crippen LogP contribution in [0.5, 0.6) is 0 Å². The van der Waals surface area contributed by atoms with E-state index in [1.807, 2.05) is 38.1 Å². The number of fused-ring (bicyclic) bond motifs is 3. The van der Waals surface area contributed by atoms with E-state index in [2.05, 4.69) is 32.2 Å². The van der Waals surface area contributed by atoms with Crippen molar-refractivity contribution in [2.75, 3.05) is 5.32 Å². The van der Waals surface area contributed by atoms with E-state index in [0.29, 0.717) is 17.9 Å². The molecule has 1 aromatic carbocycles. The van der Waals surface area contributed by atoms with Crippen molar-refractivity contribution in [3.05, 3.63) is 63.8 Å². The molecule has 4 rings (SSSR count). The largest absolute Gasteiger partial charge is 0.392 e. The van der Waals surface area contributed by atoms with E-state index in [0.717, 1.165) is 36.1 Å². The number of aliphatic hydroxyl groups is 1. The maximum Gasteiger partial charge on any atom is 0.251 e. The first kappa shape index (κ1) is 21.1. The van der Waals surface area contributed by atoms with Gasteiger partial charge in [-0.1, -0.05) is 56.7 Å². The minimum Gasteiger partial charge on any atom is -0.392 e. The van der Waals surface area contributed by atoms with Crippen LogP contribution in [0.3, 0.4) is 0 Å². The third kappa shape index (κ3) is 3.58. The van der Waals surface area contributed by atoms with Crippen molar-refractivity contribution in [3.8, 4) is 0 Å². The smallest absolute Gasteiger partial charge is 0.251 e. The predicted octanol–water partition coefficient (Wildman–Crippen LogP) is 6.02. The van der Waals surface area contributed by atoms with Crippen molar-refractivity contribution in [1.29, 1.82) is 0 Å². The van der Waals surface area contributed by atoms with Crippen LogP contribution in [0.4, 0.5) is 5.69 Å². The van der Waals surface area contributed by atoms with Gasteiger partial charge in [0.05, 0.1) is 6.10 Å². The fourth-order valence-corrected chi connectivity index (χ4v) is 5.83. The molecule has 0 spiro atoms. The van der Waals surface area contributed by atoms with Gasteiger partial charge in [-0.2, -0.15) is 0 Å². The zero-order valence-electron chi connectivity index (χ0n) is 19.0. The molecule has 1 amide bonds. The van der Waals surface area contributed by atoms with Crippen LogP contribution in [0.25, 0.3) is 0 Å². The Hall–Kier alpha value is -2.13. The summed E-state index contributed by atoms with van der Waals surface area (Å²) >= 11 is 0.